The minimum Gasteiger partial charge on any atom is -0.260 e. The number of hydrogen-bond donors (Lipinski definition) is 0. The molecule has 0 spiro atoms. The van der Waals surface area contributed by atoms with Gasteiger partial charge in [0.15, 0.2) is 0 Å². The Balaban J connectivity index is 1.28. The highest BCUT2D eigenvalue weighted by atomic mass is 15.3. The van der Waals surface area contributed by atoms with E-state index in [4.69, 9.17) is 10.2 Å². The molecule has 0 N–H and O–H groups in total. The Labute approximate surface area is 246 Å². The van der Waals surface area contributed by atoms with Crippen LogP contribution in [0.1, 0.15) is 11.1 Å². The van der Waals surface area contributed by atoms with Gasteiger partial charge in [0.05, 0.1) is 35.9 Å². The minimum absolute atomic E-state index is 0.653. The van der Waals surface area contributed by atoms with Crippen LogP contribution in [0.3, 0.4) is 0 Å². The molecule has 0 saturated heterocycles. The molecule has 2 aromatic heterocycles. The van der Waals surface area contributed by atoms with E-state index in [2.05, 4.69) is 155 Å². The van der Waals surface area contributed by atoms with Crippen molar-refractivity contribution in [3.63, 3.8) is 0 Å². The van der Waals surface area contributed by atoms with Crippen LogP contribution in [0.4, 0.5) is 0 Å². The molecule has 0 radical (unpaired) electrons. The van der Waals surface area contributed by atoms with Crippen LogP contribution >= 0.6 is 0 Å². The molecule has 0 amide bonds. The van der Waals surface area contributed by atoms with Gasteiger partial charge in [-0.1, -0.05) is 146 Å². The van der Waals surface area contributed by atoms with Crippen molar-refractivity contribution in [3.8, 4) is 45.0 Å². The monoisotopic (exact) mass is 542 g/mol. The van der Waals surface area contributed by atoms with E-state index in [0.717, 1.165) is 45.0 Å². The van der Waals surface area contributed by atoms with Gasteiger partial charge >= 0.3 is 0 Å². The molecule has 202 valence electrons. The summed E-state index contributed by atoms with van der Waals surface area (Å²) in [4.78, 5) is 0. The standard InChI is InChI=1S/C38H30N4/c1-5-15-29(16-6-1)35-25-37(31-19-9-3-10-20-31)41(39-35)27-33-23-13-14-24-34(33)28-42-38(32-21-11-4-12-22-32)26-36(40-42)30-17-7-2-8-18-30/h1-26H,27-28H2. The van der Waals surface area contributed by atoms with E-state index in [0.29, 0.717) is 13.1 Å². The van der Waals surface area contributed by atoms with E-state index in [9.17, 15) is 0 Å². The lowest BCUT2D eigenvalue weighted by molar-refractivity contribution is 0.661. The summed E-state index contributed by atoms with van der Waals surface area (Å²) in [6, 6.07) is 54.8. The third-order valence-corrected chi connectivity index (χ3v) is 7.60. The molecule has 0 aliphatic heterocycles. The van der Waals surface area contributed by atoms with E-state index in [1.54, 1.807) is 0 Å². The third-order valence-electron chi connectivity index (χ3n) is 7.60. The third kappa shape index (κ3) is 5.30. The van der Waals surface area contributed by atoms with Crippen molar-refractivity contribution < 1.29 is 0 Å². The maximum atomic E-state index is 5.10. The molecule has 0 saturated carbocycles. The summed E-state index contributed by atoms with van der Waals surface area (Å²) in [6.45, 7) is 1.31. The lowest BCUT2D eigenvalue weighted by Crippen LogP contribution is -2.10. The molecule has 0 bridgehead atoms. The van der Waals surface area contributed by atoms with Gasteiger partial charge in [-0.25, -0.2) is 0 Å². The second-order valence-electron chi connectivity index (χ2n) is 10.4. The summed E-state index contributed by atoms with van der Waals surface area (Å²) in [5, 5.41) is 10.2. The van der Waals surface area contributed by atoms with Crippen molar-refractivity contribution in [2.24, 2.45) is 0 Å². The second kappa shape index (κ2) is 11.6. The van der Waals surface area contributed by atoms with Crippen LogP contribution in [0.2, 0.25) is 0 Å². The minimum atomic E-state index is 0.653. The predicted octanol–water partition coefficient (Wildman–Crippen LogP) is 8.84. The zero-order chi connectivity index (χ0) is 28.1. The summed E-state index contributed by atoms with van der Waals surface area (Å²) in [7, 11) is 0. The van der Waals surface area contributed by atoms with Crippen LogP contribution < -0.4 is 0 Å². The lowest BCUT2D eigenvalue weighted by Gasteiger charge is -2.14. The highest BCUT2D eigenvalue weighted by Crippen LogP contribution is 2.29. The first-order valence-electron chi connectivity index (χ1n) is 14.3. The van der Waals surface area contributed by atoms with Crippen molar-refractivity contribution in [2.75, 3.05) is 0 Å². The van der Waals surface area contributed by atoms with Gasteiger partial charge in [0.1, 0.15) is 0 Å². The molecule has 4 nitrogen and oxygen atoms in total. The maximum Gasteiger partial charge on any atom is 0.0929 e. The quantitative estimate of drug-likeness (QED) is 0.192. The highest BCUT2D eigenvalue weighted by Gasteiger charge is 2.16. The Hall–Kier alpha value is -5.48. The molecule has 4 heteroatoms. The van der Waals surface area contributed by atoms with E-state index in [1.165, 1.54) is 11.1 Å². The van der Waals surface area contributed by atoms with Crippen LogP contribution in [-0.2, 0) is 13.1 Å². The molecular formula is C38H30N4. The Morgan fingerprint density at radius 3 is 1.02 bits per heavy atom. The van der Waals surface area contributed by atoms with Crippen molar-refractivity contribution in [3.05, 3.63) is 169 Å². The molecule has 0 unspecified atom stereocenters. The van der Waals surface area contributed by atoms with Crippen molar-refractivity contribution >= 4 is 0 Å². The van der Waals surface area contributed by atoms with Gasteiger partial charge in [-0.3, -0.25) is 9.36 Å². The van der Waals surface area contributed by atoms with Crippen LogP contribution in [-0.4, -0.2) is 19.6 Å². The fourth-order valence-electron chi connectivity index (χ4n) is 5.45. The molecule has 0 atom stereocenters. The van der Waals surface area contributed by atoms with Crippen molar-refractivity contribution in [2.45, 2.75) is 13.1 Å². The van der Waals surface area contributed by atoms with Gasteiger partial charge in [0.2, 0.25) is 0 Å². The molecule has 7 aromatic rings. The van der Waals surface area contributed by atoms with E-state index < -0.39 is 0 Å². The number of hydrogen-bond acceptors (Lipinski definition) is 2. The number of aromatic nitrogens is 4. The van der Waals surface area contributed by atoms with Crippen LogP contribution in [0.25, 0.3) is 45.0 Å². The molecular weight excluding hydrogens is 512 g/mol. The van der Waals surface area contributed by atoms with Gasteiger partial charge in [-0.2, -0.15) is 10.2 Å². The fraction of sp³-hybridized carbons (Fsp3) is 0.0526. The largest absolute Gasteiger partial charge is 0.260 e. The van der Waals surface area contributed by atoms with E-state index >= 15 is 0 Å². The first-order chi connectivity index (χ1) is 20.8. The Morgan fingerprint density at radius 2 is 0.667 bits per heavy atom. The Bertz CT molecular complexity index is 1760. The van der Waals surface area contributed by atoms with Crippen LogP contribution in [0.15, 0.2) is 158 Å². The molecule has 0 aliphatic carbocycles. The average Bonchev–Trinajstić information content (AvgIpc) is 3.68. The zero-order valence-electron chi connectivity index (χ0n) is 23.2. The van der Waals surface area contributed by atoms with Crippen molar-refractivity contribution in [1.82, 2.24) is 19.6 Å². The molecule has 7 rings (SSSR count). The van der Waals surface area contributed by atoms with Crippen LogP contribution in [0, 0.1) is 0 Å². The van der Waals surface area contributed by atoms with Gasteiger partial charge in [-0.05, 0) is 34.4 Å². The number of benzene rings is 5. The smallest absolute Gasteiger partial charge is 0.0929 e. The molecule has 5 aromatic carbocycles. The molecule has 0 aliphatic rings. The normalized spacial score (nSPS) is 11.0. The second-order valence-corrected chi connectivity index (χ2v) is 10.4. The summed E-state index contributed by atoms with van der Waals surface area (Å²) in [5.41, 5.74) is 11.1. The summed E-state index contributed by atoms with van der Waals surface area (Å²) < 4.78 is 4.26. The van der Waals surface area contributed by atoms with Gasteiger partial charge in [0.25, 0.3) is 0 Å². The van der Waals surface area contributed by atoms with E-state index in [1.807, 2.05) is 12.1 Å². The molecule has 0 fully saturated rings. The summed E-state index contributed by atoms with van der Waals surface area (Å²) in [6.07, 6.45) is 0. The molecule has 2 heterocycles. The van der Waals surface area contributed by atoms with Crippen LogP contribution in [0.5, 0.6) is 0 Å². The SMILES string of the molecule is c1ccc(-c2cc(-c3ccccc3)n(Cc3ccccc3Cn3nc(-c4ccccc4)cc3-c3ccccc3)n2)cc1. The summed E-state index contributed by atoms with van der Waals surface area (Å²) in [5.74, 6) is 0. The lowest BCUT2D eigenvalue weighted by atomic mass is 10.1. The maximum absolute atomic E-state index is 5.10. The summed E-state index contributed by atoms with van der Waals surface area (Å²) >= 11 is 0. The molecule has 42 heavy (non-hydrogen) atoms. The van der Waals surface area contributed by atoms with Gasteiger partial charge in [0, 0.05) is 11.1 Å². The fourth-order valence-corrected chi connectivity index (χ4v) is 5.45. The topological polar surface area (TPSA) is 35.6 Å². The van der Waals surface area contributed by atoms with E-state index in [-0.39, 0.29) is 0 Å². The van der Waals surface area contributed by atoms with Gasteiger partial charge in [-0.15, -0.1) is 0 Å². The zero-order valence-corrected chi connectivity index (χ0v) is 23.2. The number of nitrogens with zero attached hydrogens (tertiary/aromatic N) is 4. The average molecular weight is 543 g/mol. The Kier molecular flexibility index (Phi) is 7.01. The first kappa shape index (κ1) is 25.5. The predicted molar refractivity (Wildman–Crippen MR) is 171 cm³/mol. The Morgan fingerprint density at radius 1 is 0.357 bits per heavy atom. The first-order valence-corrected chi connectivity index (χ1v) is 14.3. The van der Waals surface area contributed by atoms with Crippen molar-refractivity contribution in [1.29, 1.82) is 0 Å². The number of rotatable bonds is 8. The van der Waals surface area contributed by atoms with Gasteiger partial charge < -0.3 is 0 Å². The highest BCUT2D eigenvalue weighted by molar-refractivity contribution is 5.70.